The second kappa shape index (κ2) is 9.44. The molecule has 208 valence electrons. The fourth-order valence-electron chi connectivity index (χ4n) is 6.52. The molecule has 5 rings (SSSR count). The third-order valence-electron chi connectivity index (χ3n) is 8.42. The normalized spacial score (nSPS) is 30.0. The summed E-state index contributed by atoms with van der Waals surface area (Å²) in [6.07, 6.45) is 1.77. The summed E-state index contributed by atoms with van der Waals surface area (Å²) in [7, 11) is 2.93. The summed E-state index contributed by atoms with van der Waals surface area (Å²) in [6, 6.07) is 11.3. The summed E-state index contributed by atoms with van der Waals surface area (Å²) >= 11 is 0. The molecule has 0 heterocycles. The minimum atomic E-state index is -2.94. The predicted molar refractivity (Wildman–Crippen MR) is 146 cm³/mol. The maximum atomic E-state index is 14.0. The van der Waals surface area contributed by atoms with Crippen LogP contribution in [0.4, 0.5) is 0 Å². The Balaban J connectivity index is 1.72. The summed E-state index contributed by atoms with van der Waals surface area (Å²) in [5.74, 6) is -9.09. The van der Waals surface area contributed by atoms with E-state index in [2.05, 4.69) is 0 Å². The van der Waals surface area contributed by atoms with Gasteiger partial charge >= 0.3 is 0 Å². The molecule has 6 atom stereocenters. The molecule has 10 heteroatoms. The standard InChI is InChI=1S/C30H30N2O8/c1-13-16-12-11-15(10-9-14-7-5-4-6-8-14)23(33)18(16)24(34)19-17(13)25(35)21-22(32(2)3)26(36)20(29(31)39)28(38)30(21,40)27(19)37/h4-13,17,21-22,25,33-35,38,40H,1-3H3,(H2,31,39)/b10-9+. The Labute approximate surface area is 230 Å². The van der Waals surface area contributed by atoms with Gasteiger partial charge in [-0.25, -0.2) is 0 Å². The zero-order chi connectivity index (χ0) is 29.3. The average Bonchev–Trinajstić information content (AvgIpc) is 2.90. The third kappa shape index (κ3) is 3.64. The number of phenols is 1. The maximum Gasteiger partial charge on any atom is 0.255 e. The topological polar surface area (TPSA) is 182 Å². The fraction of sp³-hybridized carbons (Fsp3) is 0.300. The zero-order valence-electron chi connectivity index (χ0n) is 22.1. The maximum absolute atomic E-state index is 14.0. The molecule has 2 aromatic rings. The minimum absolute atomic E-state index is 0.0498. The van der Waals surface area contributed by atoms with Gasteiger partial charge in [0.25, 0.3) is 5.91 Å². The Morgan fingerprint density at radius 2 is 1.68 bits per heavy atom. The van der Waals surface area contributed by atoms with E-state index in [1.807, 2.05) is 30.3 Å². The predicted octanol–water partition coefficient (Wildman–Crippen LogP) is 1.67. The van der Waals surface area contributed by atoms with Crippen molar-refractivity contribution in [3.05, 3.63) is 81.6 Å². The lowest BCUT2D eigenvalue weighted by molar-refractivity contribution is -0.169. The van der Waals surface area contributed by atoms with Gasteiger partial charge in [-0.2, -0.15) is 0 Å². The first-order valence-electron chi connectivity index (χ1n) is 12.8. The van der Waals surface area contributed by atoms with Crippen molar-refractivity contribution in [1.82, 2.24) is 4.90 Å². The molecule has 3 aliphatic carbocycles. The van der Waals surface area contributed by atoms with Gasteiger partial charge < -0.3 is 31.3 Å². The van der Waals surface area contributed by atoms with Gasteiger partial charge in [-0.1, -0.05) is 61.5 Å². The van der Waals surface area contributed by atoms with E-state index in [0.29, 0.717) is 11.1 Å². The van der Waals surface area contributed by atoms with E-state index in [9.17, 15) is 39.9 Å². The molecule has 10 nitrogen and oxygen atoms in total. The lowest BCUT2D eigenvalue weighted by Crippen LogP contribution is -2.70. The van der Waals surface area contributed by atoms with Crippen molar-refractivity contribution in [3.63, 3.8) is 0 Å². The van der Waals surface area contributed by atoms with Crippen LogP contribution in [0, 0.1) is 11.8 Å². The molecule has 0 radical (unpaired) electrons. The highest BCUT2D eigenvalue weighted by Crippen LogP contribution is 2.56. The number of primary amides is 1. The summed E-state index contributed by atoms with van der Waals surface area (Å²) in [6.45, 7) is 1.69. The Morgan fingerprint density at radius 1 is 1.02 bits per heavy atom. The molecule has 1 amide bonds. The number of Topliss-reactive ketones (excluding diaryl/α,β-unsaturated/α-hetero) is 2. The lowest BCUT2D eigenvalue weighted by atomic mass is 9.54. The van der Waals surface area contributed by atoms with Crippen LogP contribution in [0.2, 0.25) is 0 Å². The number of nitrogens with two attached hydrogens (primary N) is 1. The molecule has 0 bridgehead atoms. The SMILES string of the molecule is CC1c2ccc(/C=C/c3ccccc3)c(O)c2C(O)=C2C(=O)C3(O)C(O)=C(C(N)=O)C(=O)C(N(C)C)C3C(O)C21. The van der Waals surface area contributed by atoms with Crippen molar-refractivity contribution in [3.8, 4) is 5.75 Å². The van der Waals surface area contributed by atoms with Gasteiger partial charge in [-0.15, -0.1) is 0 Å². The Morgan fingerprint density at radius 3 is 2.27 bits per heavy atom. The molecule has 0 aliphatic heterocycles. The molecule has 40 heavy (non-hydrogen) atoms. The number of carbonyl (C=O) groups excluding carboxylic acids is 3. The van der Waals surface area contributed by atoms with Gasteiger partial charge in [-0.3, -0.25) is 19.3 Å². The molecule has 3 aliphatic rings. The fourth-order valence-corrected chi connectivity index (χ4v) is 6.52. The van der Waals surface area contributed by atoms with E-state index in [-0.39, 0.29) is 11.3 Å². The molecule has 2 aromatic carbocycles. The van der Waals surface area contributed by atoms with Crippen molar-refractivity contribution in [2.45, 2.75) is 30.6 Å². The summed E-state index contributed by atoms with van der Waals surface area (Å²) in [5, 5.41) is 57.0. The number of hydrogen-bond acceptors (Lipinski definition) is 9. The van der Waals surface area contributed by atoms with E-state index >= 15 is 0 Å². The van der Waals surface area contributed by atoms with E-state index in [4.69, 9.17) is 5.73 Å². The van der Waals surface area contributed by atoms with Gasteiger partial charge in [0.1, 0.15) is 22.8 Å². The van der Waals surface area contributed by atoms with Crippen molar-refractivity contribution >= 4 is 35.4 Å². The highest BCUT2D eigenvalue weighted by atomic mass is 16.4. The monoisotopic (exact) mass is 546 g/mol. The average molecular weight is 547 g/mol. The van der Waals surface area contributed by atoms with Crippen LogP contribution in [0.5, 0.6) is 5.75 Å². The third-order valence-corrected chi connectivity index (χ3v) is 8.42. The van der Waals surface area contributed by atoms with Crippen molar-refractivity contribution in [1.29, 1.82) is 0 Å². The molecule has 0 aromatic heterocycles. The van der Waals surface area contributed by atoms with Crippen molar-refractivity contribution in [2.24, 2.45) is 17.6 Å². The number of aromatic hydroxyl groups is 1. The van der Waals surface area contributed by atoms with Crippen LogP contribution in [-0.2, 0) is 14.4 Å². The summed E-state index contributed by atoms with van der Waals surface area (Å²) in [4.78, 5) is 40.7. The van der Waals surface area contributed by atoms with Crippen molar-refractivity contribution < 1.29 is 39.9 Å². The number of aliphatic hydroxyl groups excluding tert-OH is 3. The van der Waals surface area contributed by atoms with Crippen LogP contribution < -0.4 is 5.73 Å². The Bertz CT molecular complexity index is 1540. The first kappa shape index (κ1) is 27.3. The first-order valence-corrected chi connectivity index (χ1v) is 12.8. The van der Waals surface area contributed by atoms with Crippen LogP contribution in [0.1, 0.15) is 35.1 Å². The smallest absolute Gasteiger partial charge is 0.255 e. The molecule has 1 fully saturated rings. The first-order chi connectivity index (χ1) is 18.8. The molecule has 6 unspecified atom stereocenters. The second-order valence-electron chi connectivity index (χ2n) is 10.8. The summed E-state index contributed by atoms with van der Waals surface area (Å²) < 4.78 is 0. The van der Waals surface area contributed by atoms with Crippen LogP contribution >= 0.6 is 0 Å². The molecule has 0 saturated heterocycles. The van der Waals surface area contributed by atoms with E-state index in [0.717, 1.165) is 5.56 Å². The van der Waals surface area contributed by atoms with Crippen LogP contribution in [0.25, 0.3) is 17.9 Å². The molecular weight excluding hydrogens is 516 g/mol. The number of carbonyl (C=O) groups is 3. The summed E-state index contributed by atoms with van der Waals surface area (Å²) in [5.41, 5.74) is 2.63. The number of benzene rings is 2. The lowest BCUT2D eigenvalue weighted by Gasteiger charge is -2.53. The number of ketones is 2. The zero-order valence-corrected chi connectivity index (χ0v) is 22.1. The molecular formula is C30H30N2O8. The molecule has 1 saturated carbocycles. The Hall–Kier alpha value is -4.25. The number of fused-ring (bicyclic) bond motifs is 3. The second-order valence-corrected chi connectivity index (χ2v) is 10.8. The van der Waals surface area contributed by atoms with Gasteiger partial charge in [0.05, 0.1) is 23.6 Å². The quantitative estimate of drug-likeness (QED) is 0.245. The van der Waals surface area contributed by atoms with Crippen LogP contribution in [-0.4, -0.2) is 79.7 Å². The van der Waals surface area contributed by atoms with Crippen molar-refractivity contribution in [2.75, 3.05) is 14.1 Å². The van der Waals surface area contributed by atoms with E-state index < -0.39 is 75.6 Å². The van der Waals surface area contributed by atoms with Gasteiger partial charge in [0.15, 0.2) is 11.4 Å². The highest BCUT2D eigenvalue weighted by Gasteiger charge is 2.68. The largest absolute Gasteiger partial charge is 0.508 e. The van der Waals surface area contributed by atoms with Crippen LogP contribution in [0.3, 0.4) is 0 Å². The van der Waals surface area contributed by atoms with E-state index in [1.54, 1.807) is 31.2 Å². The number of amides is 1. The minimum Gasteiger partial charge on any atom is -0.508 e. The van der Waals surface area contributed by atoms with Crippen LogP contribution in [0.15, 0.2) is 59.4 Å². The van der Waals surface area contributed by atoms with Gasteiger partial charge in [-0.05, 0) is 31.1 Å². The molecule has 7 N–H and O–H groups in total. The number of rotatable bonds is 4. The number of aliphatic hydroxyl groups is 4. The van der Waals surface area contributed by atoms with Gasteiger partial charge in [0.2, 0.25) is 5.78 Å². The molecule has 0 spiro atoms. The number of nitrogens with zero attached hydrogens (tertiary/aromatic N) is 1. The van der Waals surface area contributed by atoms with Gasteiger partial charge in [0, 0.05) is 17.1 Å². The Kier molecular flexibility index (Phi) is 6.45. The van der Waals surface area contributed by atoms with E-state index in [1.165, 1.54) is 19.0 Å². The number of hydrogen-bond donors (Lipinski definition) is 6. The number of likely N-dealkylation sites (N-methyl/N-ethyl adjacent to an activating group) is 1. The highest BCUT2D eigenvalue weighted by molar-refractivity contribution is 6.24. The number of phenolic OH excluding ortho intramolecular Hbond substituents is 1.